The first-order chi connectivity index (χ1) is 10.3. The van der Waals surface area contributed by atoms with Crippen molar-refractivity contribution in [1.82, 2.24) is 9.97 Å². The second-order valence-corrected chi connectivity index (χ2v) is 5.15. The van der Waals surface area contributed by atoms with E-state index in [2.05, 4.69) is 15.3 Å². The highest BCUT2D eigenvalue weighted by molar-refractivity contribution is 6.30. The van der Waals surface area contributed by atoms with E-state index in [-0.39, 0.29) is 5.95 Å². The normalized spacial score (nSPS) is 11.6. The topological polar surface area (TPSA) is 47.0 Å². The van der Waals surface area contributed by atoms with Crippen LogP contribution >= 0.6 is 11.6 Å². The predicted molar refractivity (Wildman–Crippen MR) is 77.5 cm³/mol. The molecule has 8 heteroatoms. The molecule has 2 rings (SSSR count). The number of nitrogens with zero attached hydrogens (tertiary/aromatic N) is 2. The number of hydrogen-bond acceptors (Lipinski definition) is 4. The number of hydrogen-bond donors (Lipinski definition) is 1. The van der Waals surface area contributed by atoms with E-state index in [1.54, 1.807) is 38.1 Å². The molecule has 0 fully saturated rings. The Morgan fingerprint density at radius 1 is 1.18 bits per heavy atom. The SMILES string of the molecule is CC(C)Oc1nc(Nc2ccc(Cl)cc2)ncc1C(F)(F)F. The van der Waals surface area contributed by atoms with Crippen molar-refractivity contribution in [2.24, 2.45) is 0 Å². The zero-order valence-electron chi connectivity index (χ0n) is 11.8. The van der Waals surface area contributed by atoms with Gasteiger partial charge in [-0.25, -0.2) is 4.98 Å². The van der Waals surface area contributed by atoms with Crippen LogP contribution in [0, 0.1) is 0 Å². The van der Waals surface area contributed by atoms with Gasteiger partial charge in [-0.1, -0.05) is 11.6 Å². The Morgan fingerprint density at radius 2 is 1.82 bits per heavy atom. The number of halogens is 4. The first-order valence-corrected chi connectivity index (χ1v) is 6.77. The molecule has 0 atom stereocenters. The minimum Gasteiger partial charge on any atom is -0.474 e. The molecule has 0 spiro atoms. The summed E-state index contributed by atoms with van der Waals surface area (Å²) in [5, 5.41) is 3.34. The van der Waals surface area contributed by atoms with Crippen molar-refractivity contribution in [3.05, 3.63) is 41.0 Å². The summed E-state index contributed by atoms with van der Waals surface area (Å²) in [4.78, 5) is 7.48. The van der Waals surface area contributed by atoms with Crippen molar-refractivity contribution in [3.8, 4) is 5.88 Å². The smallest absolute Gasteiger partial charge is 0.423 e. The van der Waals surface area contributed by atoms with Crippen LogP contribution in [0.1, 0.15) is 19.4 Å². The molecule has 0 saturated carbocycles. The third kappa shape index (κ3) is 4.24. The Bertz CT molecular complexity index is 645. The molecule has 4 nitrogen and oxygen atoms in total. The van der Waals surface area contributed by atoms with Crippen LogP contribution in [-0.4, -0.2) is 16.1 Å². The first kappa shape index (κ1) is 16.4. The van der Waals surface area contributed by atoms with Crippen molar-refractivity contribution in [1.29, 1.82) is 0 Å². The first-order valence-electron chi connectivity index (χ1n) is 6.39. The van der Waals surface area contributed by atoms with E-state index < -0.39 is 23.7 Å². The Hall–Kier alpha value is -2.02. The third-order valence-corrected chi connectivity index (χ3v) is 2.76. The second kappa shape index (κ2) is 6.39. The lowest BCUT2D eigenvalue weighted by atomic mass is 10.3. The molecule has 22 heavy (non-hydrogen) atoms. The van der Waals surface area contributed by atoms with Crippen molar-refractivity contribution in [2.45, 2.75) is 26.1 Å². The van der Waals surface area contributed by atoms with Gasteiger partial charge in [0.15, 0.2) is 0 Å². The number of aromatic nitrogens is 2. The summed E-state index contributed by atoms with van der Waals surface area (Å²) < 4.78 is 43.9. The Kier molecular flexibility index (Phi) is 4.75. The van der Waals surface area contributed by atoms with Crippen molar-refractivity contribution in [3.63, 3.8) is 0 Å². The summed E-state index contributed by atoms with van der Waals surface area (Å²) in [5.41, 5.74) is -0.414. The van der Waals surface area contributed by atoms with Crippen molar-refractivity contribution >= 4 is 23.2 Å². The Morgan fingerprint density at radius 3 is 2.36 bits per heavy atom. The molecular formula is C14H13ClF3N3O. The molecule has 0 aliphatic carbocycles. The van der Waals surface area contributed by atoms with E-state index in [9.17, 15) is 13.2 Å². The molecule has 0 saturated heterocycles. The lowest BCUT2D eigenvalue weighted by Gasteiger charge is -2.15. The molecular weight excluding hydrogens is 319 g/mol. The fraction of sp³-hybridized carbons (Fsp3) is 0.286. The molecule has 1 aromatic carbocycles. The zero-order chi connectivity index (χ0) is 16.3. The zero-order valence-corrected chi connectivity index (χ0v) is 12.5. The average Bonchev–Trinajstić information content (AvgIpc) is 2.39. The maximum atomic E-state index is 12.9. The quantitative estimate of drug-likeness (QED) is 0.883. The van der Waals surface area contributed by atoms with Crippen LogP contribution in [0.4, 0.5) is 24.8 Å². The molecule has 0 bridgehead atoms. The molecule has 0 unspecified atom stereocenters. The largest absolute Gasteiger partial charge is 0.474 e. The lowest BCUT2D eigenvalue weighted by molar-refractivity contribution is -0.139. The van der Waals surface area contributed by atoms with Crippen LogP contribution in [0.3, 0.4) is 0 Å². The van der Waals surface area contributed by atoms with Crippen LogP contribution in [0.15, 0.2) is 30.5 Å². The van der Waals surface area contributed by atoms with E-state index >= 15 is 0 Å². The predicted octanol–water partition coefficient (Wildman–Crippen LogP) is 4.68. The number of benzene rings is 1. The number of alkyl halides is 3. The van der Waals surface area contributed by atoms with Crippen molar-refractivity contribution < 1.29 is 17.9 Å². The third-order valence-electron chi connectivity index (χ3n) is 2.51. The molecule has 0 amide bonds. The highest BCUT2D eigenvalue weighted by Gasteiger charge is 2.36. The maximum Gasteiger partial charge on any atom is 0.423 e. The maximum absolute atomic E-state index is 12.9. The van der Waals surface area contributed by atoms with Crippen LogP contribution in [0.5, 0.6) is 5.88 Å². The molecule has 0 aliphatic rings. The number of ether oxygens (including phenoxy) is 1. The Labute approximate surface area is 130 Å². The number of rotatable bonds is 4. The molecule has 2 aromatic rings. The molecule has 1 aromatic heterocycles. The van der Waals surface area contributed by atoms with Gasteiger partial charge in [0, 0.05) is 16.9 Å². The van der Waals surface area contributed by atoms with Gasteiger partial charge in [-0.2, -0.15) is 18.2 Å². The van der Waals surface area contributed by atoms with Gasteiger partial charge in [0.2, 0.25) is 11.8 Å². The summed E-state index contributed by atoms with van der Waals surface area (Å²) >= 11 is 5.76. The highest BCUT2D eigenvalue weighted by atomic mass is 35.5. The van der Waals surface area contributed by atoms with Gasteiger partial charge < -0.3 is 10.1 Å². The van der Waals surface area contributed by atoms with Gasteiger partial charge in [0.05, 0.1) is 6.10 Å². The monoisotopic (exact) mass is 331 g/mol. The molecule has 0 aliphatic heterocycles. The van der Waals surface area contributed by atoms with Crippen LogP contribution in [-0.2, 0) is 6.18 Å². The molecule has 118 valence electrons. The highest BCUT2D eigenvalue weighted by Crippen LogP contribution is 2.35. The Balaban J connectivity index is 2.31. The van der Waals surface area contributed by atoms with E-state index in [4.69, 9.17) is 16.3 Å². The van der Waals surface area contributed by atoms with Gasteiger partial charge >= 0.3 is 6.18 Å². The fourth-order valence-electron chi connectivity index (χ4n) is 1.60. The molecule has 1 heterocycles. The van der Waals surface area contributed by atoms with Gasteiger partial charge in [0.25, 0.3) is 0 Å². The number of anilines is 2. The minimum atomic E-state index is -4.58. The van der Waals surface area contributed by atoms with Gasteiger partial charge in [-0.3, -0.25) is 0 Å². The summed E-state index contributed by atoms with van der Waals surface area (Å²) in [6, 6.07) is 6.59. The van der Waals surface area contributed by atoms with Gasteiger partial charge in [-0.05, 0) is 38.1 Å². The summed E-state index contributed by atoms with van der Waals surface area (Å²) in [6.07, 6.45) is -4.33. The van der Waals surface area contributed by atoms with Gasteiger partial charge in [-0.15, -0.1) is 0 Å². The average molecular weight is 332 g/mol. The van der Waals surface area contributed by atoms with E-state index in [1.807, 2.05) is 0 Å². The van der Waals surface area contributed by atoms with Crippen molar-refractivity contribution in [2.75, 3.05) is 5.32 Å². The summed E-state index contributed by atoms with van der Waals surface area (Å²) in [5.74, 6) is -0.500. The van der Waals surface area contributed by atoms with Crippen LogP contribution in [0.2, 0.25) is 5.02 Å². The van der Waals surface area contributed by atoms with Crippen LogP contribution in [0.25, 0.3) is 0 Å². The molecule has 0 radical (unpaired) electrons. The summed E-state index contributed by atoms with van der Waals surface area (Å²) in [7, 11) is 0. The lowest BCUT2D eigenvalue weighted by Crippen LogP contribution is -2.15. The van der Waals surface area contributed by atoms with E-state index in [1.165, 1.54) is 0 Å². The van der Waals surface area contributed by atoms with E-state index in [0.717, 1.165) is 0 Å². The van der Waals surface area contributed by atoms with Crippen LogP contribution < -0.4 is 10.1 Å². The summed E-state index contributed by atoms with van der Waals surface area (Å²) in [6.45, 7) is 3.24. The fourth-order valence-corrected chi connectivity index (χ4v) is 1.72. The second-order valence-electron chi connectivity index (χ2n) is 4.71. The molecule has 1 N–H and O–H groups in total. The van der Waals surface area contributed by atoms with Gasteiger partial charge in [0.1, 0.15) is 5.56 Å². The van der Waals surface area contributed by atoms with E-state index in [0.29, 0.717) is 16.9 Å². The minimum absolute atomic E-state index is 0.00553. The number of nitrogens with one attached hydrogen (secondary N) is 1. The standard InChI is InChI=1S/C14H13ClF3N3O/c1-8(2)22-12-11(14(16,17)18)7-19-13(21-12)20-10-5-3-9(15)4-6-10/h3-8H,1-2H3,(H,19,20,21).